The van der Waals surface area contributed by atoms with E-state index in [4.69, 9.17) is 4.74 Å². The van der Waals surface area contributed by atoms with Crippen molar-refractivity contribution in [1.29, 1.82) is 0 Å². The fourth-order valence-electron chi connectivity index (χ4n) is 2.54. The number of carbonyl (C=O) groups excluding carboxylic acids is 2. The van der Waals surface area contributed by atoms with Crippen molar-refractivity contribution in [3.8, 4) is 0 Å². The molecule has 6 heteroatoms. The van der Waals surface area contributed by atoms with E-state index in [1.165, 1.54) is 11.3 Å². The summed E-state index contributed by atoms with van der Waals surface area (Å²) in [7, 11) is 0. The molecule has 2 rings (SSSR count). The number of rotatable bonds is 5. The highest BCUT2D eigenvalue weighted by atomic mass is 32.1. The average molecular weight is 310 g/mol. The van der Waals surface area contributed by atoms with Gasteiger partial charge in [0.1, 0.15) is 11.7 Å². The summed E-state index contributed by atoms with van der Waals surface area (Å²) in [5.41, 5.74) is 0.458. The Morgan fingerprint density at radius 3 is 2.95 bits per heavy atom. The molecular weight excluding hydrogens is 288 g/mol. The third-order valence-corrected chi connectivity index (χ3v) is 4.47. The van der Waals surface area contributed by atoms with Crippen molar-refractivity contribution in [2.45, 2.75) is 52.0 Å². The monoisotopic (exact) mass is 310 g/mol. The number of thiazole rings is 1. The van der Waals surface area contributed by atoms with Crippen molar-refractivity contribution in [3.05, 3.63) is 16.1 Å². The first-order valence-corrected chi connectivity index (χ1v) is 8.47. The summed E-state index contributed by atoms with van der Waals surface area (Å²) in [5, 5.41) is 2.77. The van der Waals surface area contributed by atoms with Crippen LogP contribution in [0.15, 0.2) is 5.38 Å². The van der Waals surface area contributed by atoms with E-state index in [1.54, 1.807) is 17.2 Å². The molecule has 0 aromatic carbocycles. The van der Waals surface area contributed by atoms with Gasteiger partial charge in [-0.15, -0.1) is 11.3 Å². The van der Waals surface area contributed by atoms with Crippen LogP contribution in [0.2, 0.25) is 0 Å². The Hall–Kier alpha value is -1.43. The predicted octanol–water partition coefficient (Wildman–Crippen LogP) is 2.65. The van der Waals surface area contributed by atoms with Crippen LogP contribution in [0.5, 0.6) is 0 Å². The van der Waals surface area contributed by atoms with Gasteiger partial charge < -0.3 is 9.64 Å². The maximum atomic E-state index is 12.6. The number of piperidine rings is 1. The molecule has 0 aliphatic carbocycles. The highest BCUT2D eigenvalue weighted by molar-refractivity contribution is 7.09. The van der Waals surface area contributed by atoms with Gasteiger partial charge in [-0.05, 0) is 39.0 Å². The van der Waals surface area contributed by atoms with Gasteiger partial charge in [0.25, 0.3) is 5.91 Å². The number of ether oxygens (including phenoxy) is 1. The molecule has 1 atom stereocenters. The van der Waals surface area contributed by atoms with E-state index in [9.17, 15) is 9.59 Å². The van der Waals surface area contributed by atoms with Crippen LogP contribution in [0, 0.1) is 0 Å². The smallest absolute Gasteiger partial charge is 0.328 e. The van der Waals surface area contributed by atoms with Gasteiger partial charge in [0.2, 0.25) is 0 Å². The molecule has 0 radical (unpaired) electrons. The summed E-state index contributed by atoms with van der Waals surface area (Å²) in [4.78, 5) is 30.6. The number of hydrogen-bond acceptors (Lipinski definition) is 5. The van der Waals surface area contributed by atoms with Gasteiger partial charge in [-0.3, -0.25) is 4.79 Å². The number of likely N-dealkylation sites (tertiary alicyclic amines) is 1. The zero-order valence-electron chi connectivity index (χ0n) is 12.6. The number of aryl methyl sites for hydroxylation is 1. The minimum Gasteiger partial charge on any atom is -0.464 e. The molecular formula is C15H22N2O3S. The lowest BCUT2D eigenvalue weighted by atomic mass is 10.0. The van der Waals surface area contributed by atoms with Crippen LogP contribution < -0.4 is 0 Å². The summed E-state index contributed by atoms with van der Waals surface area (Å²) in [6.45, 7) is 4.81. The van der Waals surface area contributed by atoms with Crippen molar-refractivity contribution >= 4 is 23.2 Å². The first kappa shape index (κ1) is 15.9. The van der Waals surface area contributed by atoms with E-state index in [0.717, 1.165) is 30.7 Å². The molecule has 1 fully saturated rings. The highest BCUT2D eigenvalue weighted by Gasteiger charge is 2.34. The Morgan fingerprint density at radius 2 is 2.24 bits per heavy atom. The zero-order valence-corrected chi connectivity index (χ0v) is 13.4. The maximum Gasteiger partial charge on any atom is 0.328 e. The van der Waals surface area contributed by atoms with Crippen LogP contribution >= 0.6 is 11.3 Å². The van der Waals surface area contributed by atoms with Gasteiger partial charge in [-0.25, -0.2) is 9.78 Å². The molecule has 5 nitrogen and oxygen atoms in total. The van der Waals surface area contributed by atoms with Crippen molar-refractivity contribution in [2.75, 3.05) is 13.2 Å². The molecule has 1 aliphatic heterocycles. The number of esters is 1. The fraction of sp³-hybridized carbons (Fsp3) is 0.667. The SMILES string of the molecule is CCCc1nc(C(=O)N2CCCC[C@@H]2C(=O)OCC)cs1. The lowest BCUT2D eigenvalue weighted by Gasteiger charge is -2.33. The molecule has 1 amide bonds. The summed E-state index contributed by atoms with van der Waals surface area (Å²) < 4.78 is 5.09. The van der Waals surface area contributed by atoms with Gasteiger partial charge in [0, 0.05) is 11.9 Å². The largest absolute Gasteiger partial charge is 0.464 e. The molecule has 1 aromatic rings. The standard InChI is InChI=1S/C15H22N2O3S/c1-3-7-13-16-11(10-21-13)14(18)17-9-6-5-8-12(17)15(19)20-4-2/h10,12H,3-9H2,1-2H3/t12-/m1/s1. The first-order valence-electron chi connectivity index (χ1n) is 7.59. The van der Waals surface area contributed by atoms with Crippen LogP contribution in [-0.4, -0.2) is 41.0 Å². The number of amides is 1. The second-order valence-electron chi connectivity index (χ2n) is 5.14. The molecule has 2 heterocycles. The minimum atomic E-state index is -0.456. The van der Waals surface area contributed by atoms with Crippen LogP contribution in [-0.2, 0) is 16.0 Å². The highest BCUT2D eigenvalue weighted by Crippen LogP contribution is 2.22. The number of hydrogen-bond donors (Lipinski definition) is 0. The zero-order chi connectivity index (χ0) is 15.2. The Labute approximate surface area is 129 Å². The third-order valence-electron chi connectivity index (χ3n) is 3.56. The van der Waals surface area contributed by atoms with E-state index in [1.807, 2.05) is 0 Å². The molecule has 0 saturated carbocycles. The Bertz CT molecular complexity index is 501. The molecule has 0 unspecified atom stereocenters. The molecule has 1 aromatic heterocycles. The molecule has 1 saturated heterocycles. The van der Waals surface area contributed by atoms with Gasteiger partial charge in [-0.2, -0.15) is 0 Å². The molecule has 0 bridgehead atoms. The van der Waals surface area contributed by atoms with E-state index >= 15 is 0 Å². The van der Waals surface area contributed by atoms with Crippen LogP contribution in [0.4, 0.5) is 0 Å². The second kappa shape index (κ2) is 7.54. The van der Waals surface area contributed by atoms with Crippen LogP contribution in [0.25, 0.3) is 0 Å². The molecule has 0 N–H and O–H groups in total. The molecule has 116 valence electrons. The Morgan fingerprint density at radius 1 is 1.43 bits per heavy atom. The second-order valence-corrected chi connectivity index (χ2v) is 6.08. The van der Waals surface area contributed by atoms with Gasteiger partial charge in [0.15, 0.2) is 0 Å². The summed E-state index contributed by atoms with van der Waals surface area (Å²) in [6, 6.07) is -0.456. The van der Waals surface area contributed by atoms with Crippen molar-refractivity contribution in [2.24, 2.45) is 0 Å². The number of carbonyl (C=O) groups is 2. The van der Waals surface area contributed by atoms with Crippen LogP contribution in [0.3, 0.4) is 0 Å². The summed E-state index contributed by atoms with van der Waals surface area (Å²) in [5.74, 6) is -0.444. The fourth-order valence-corrected chi connectivity index (χ4v) is 3.42. The quantitative estimate of drug-likeness (QED) is 0.785. The normalized spacial score (nSPS) is 18.6. The minimum absolute atomic E-state index is 0.147. The molecule has 0 spiro atoms. The predicted molar refractivity (Wildman–Crippen MR) is 81.4 cm³/mol. The summed E-state index contributed by atoms with van der Waals surface area (Å²) in [6.07, 6.45) is 4.45. The summed E-state index contributed by atoms with van der Waals surface area (Å²) >= 11 is 1.51. The molecule has 21 heavy (non-hydrogen) atoms. The number of aromatic nitrogens is 1. The van der Waals surface area contributed by atoms with Crippen molar-refractivity contribution in [3.63, 3.8) is 0 Å². The van der Waals surface area contributed by atoms with Crippen LogP contribution in [0.1, 0.15) is 55.0 Å². The Balaban J connectivity index is 2.12. The molecule has 1 aliphatic rings. The lowest BCUT2D eigenvalue weighted by Crippen LogP contribution is -2.48. The van der Waals surface area contributed by atoms with Crippen molar-refractivity contribution < 1.29 is 14.3 Å². The Kier molecular flexibility index (Phi) is 5.73. The lowest BCUT2D eigenvalue weighted by molar-refractivity contribution is -0.149. The topological polar surface area (TPSA) is 59.5 Å². The van der Waals surface area contributed by atoms with E-state index < -0.39 is 6.04 Å². The van der Waals surface area contributed by atoms with Gasteiger partial charge in [0.05, 0.1) is 11.6 Å². The third kappa shape index (κ3) is 3.81. The first-order chi connectivity index (χ1) is 10.2. The van der Waals surface area contributed by atoms with Crippen molar-refractivity contribution in [1.82, 2.24) is 9.88 Å². The average Bonchev–Trinajstić information content (AvgIpc) is 2.96. The maximum absolute atomic E-state index is 12.6. The van der Waals surface area contributed by atoms with E-state index in [-0.39, 0.29) is 11.9 Å². The van der Waals surface area contributed by atoms with Gasteiger partial charge in [-0.1, -0.05) is 6.92 Å². The number of nitrogens with zero attached hydrogens (tertiary/aromatic N) is 2. The van der Waals surface area contributed by atoms with E-state index in [0.29, 0.717) is 25.3 Å². The van der Waals surface area contributed by atoms with E-state index in [2.05, 4.69) is 11.9 Å². The van der Waals surface area contributed by atoms with Gasteiger partial charge >= 0.3 is 5.97 Å².